The van der Waals surface area contributed by atoms with Crippen LogP contribution < -0.4 is 11.1 Å². The maximum Gasteiger partial charge on any atom is 0.0794 e. The van der Waals surface area contributed by atoms with Crippen molar-refractivity contribution in [1.82, 2.24) is 4.98 Å². The van der Waals surface area contributed by atoms with Gasteiger partial charge in [-0.15, -0.1) is 11.3 Å². The lowest BCUT2D eigenvalue weighted by atomic mass is 10.1. The Morgan fingerprint density at radius 1 is 1.47 bits per heavy atom. The van der Waals surface area contributed by atoms with Gasteiger partial charge >= 0.3 is 0 Å². The number of nitrogen functional groups attached to an aromatic ring is 1. The summed E-state index contributed by atoms with van der Waals surface area (Å²) in [5, 5.41) is 3.33. The van der Waals surface area contributed by atoms with E-state index in [0.717, 1.165) is 17.9 Å². The van der Waals surface area contributed by atoms with Gasteiger partial charge in [-0.25, -0.2) is 0 Å². The van der Waals surface area contributed by atoms with Gasteiger partial charge in [0.05, 0.1) is 23.4 Å². The van der Waals surface area contributed by atoms with Crippen molar-refractivity contribution in [1.29, 1.82) is 0 Å². The molecule has 3 nitrogen and oxygen atoms in total. The molecule has 15 heavy (non-hydrogen) atoms. The van der Waals surface area contributed by atoms with Crippen molar-refractivity contribution in [3.63, 3.8) is 0 Å². The topological polar surface area (TPSA) is 50.9 Å². The van der Waals surface area contributed by atoms with E-state index in [-0.39, 0.29) is 0 Å². The van der Waals surface area contributed by atoms with E-state index in [4.69, 9.17) is 5.73 Å². The van der Waals surface area contributed by atoms with Gasteiger partial charge in [-0.05, 0) is 18.6 Å². The Kier molecular flexibility index (Phi) is 2.87. The summed E-state index contributed by atoms with van der Waals surface area (Å²) >= 11 is 1.64. The number of aromatic nitrogens is 1. The van der Waals surface area contributed by atoms with Gasteiger partial charge in [-0.1, -0.05) is 12.1 Å². The normalized spacial score (nSPS) is 10.2. The number of para-hydroxylation sites is 1. The van der Waals surface area contributed by atoms with E-state index in [9.17, 15) is 0 Å². The minimum Gasteiger partial charge on any atom is -0.397 e. The van der Waals surface area contributed by atoms with Crippen LogP contribution in [0.1, 0.15) is 10.4 Å². The van der Waals surface area contributed by atoms with Crippen LogP contribution in [0.25, 0.3) is 0 Å². The van der Waals surface area contributed by atoms with Crippen LogP contribution in [0.5, 0.6) is 0 Å². The molecule has 0 saturated heterocycles. The number of nitrogens with zero attached hydrogens (tertiary/aromatic N) is 1. The second kappa shape index (κ2) is 4.31. The van der Waals surface area contributed by atoms with Crippen LogP contribution in [0.15, 0.2) is 29.9 Å². The zero-order chi connectivity index (χ0) is 10.7. The summed E-state index contributed by atoms with van der Waals surface area (Å²) in [4.78, 5) is 5.23. The van der Waals surface area contributed by atoms with E-state index >= 15 is 0 Å². The first-order chi connectivity index (χ1) is 7.27. The number of nitrogens with one attached hydrogen (secondary N) is 1. The molecule has 78 valence electrons. The van der Waals surface area contributed by atoms with E-state index in [2.05, 4.69) is 10.3 Å². The first-order valence-electron chi connectivity index (χ1n) is 4.73. The van der Waals surface area contributed by atoms with Crippen LogP contribution in [-0.2, 0) is 6.54 Å². The molecule has 0 saturated carbocycles. The highest BCUT2D eigenvalue weighted by molar-refractivity contribution is 7.09. The van der Waals surface area contributed by atoms with E-state index in [1.807, 2.05) is 36.8 Å². The molecule has 0 spiro atoms. The summed E-state index contributed by atoms with van der Waals surface area (Å²) in [6, 6.07) is 5.91. The fourth-order valence-electron chi connectivity index (χ4n) is 1.44. The smallest absolute Gasteiger partial charge is 0.0794 e. The maximum absolute atomic E-state index is 5.89. The van der Waals surface area contributed by atoms with Crippen molar-refractivity contribution in [2.24, 2.45) is 0 Å². The van der Waals surface area contributed by atoms with Crippen LogP contribution in [0, 0.1) is 6.92 Å². The van der Waals surface area contributed by atoms with Gasteiger partial charge in [-0.3, -0.25) is 4.98 Å². The lowest BCUT2D eigenvalue weighted by Crippen LogP contribution is -2.02. The van der Waals surface area contributed by atoms with Crippen molar-refractivity contribution in [3.05, 3.63) is 40.3 Å². The Morgan fingerprint density at radius 3 is 3.00 bits per heavy atom. The largest absolute Gasteiger partial charge is 0.397 e. The van der Waals surface area contributed by atoms with E-state index < -0.39 is 0 Å². The Labute approximate surface area is 93.0 Å². The molecule has 0 bridgehead atoms. The van der Waals surface area contributed by atoms with E-state index in [1.54, 1.807) is 11.3 Å². The number of hydrogen-bond acceptors (Lipinski definition) is 4. The van der Waals surface area contributed by atoms with Crippen LogP contribution in [0.2, 0.25) is 0 Å². The van der Waals surface area contributed by atoms with Crippen LogP contribution in [-0.4, -0.2) is 4.98 Å². The van der Waals surface area contributed by atoms with Crippen molar-refractivity contribution >= 4 is 22.7 Å². The molecule has 3 N–H and O–H groups in total. The SMILES string of the molecule is Cc1cccc(N)c1NCc1cncs1. The summed E-state index contributed by atoms with van der Waals surface area (Å²) in [7, 11) is 0. The molecule has 0 aliphatic rings. The van der Waals surface area contributed by atoms with Gasteiger partial charge in [-0.2, -0.15) is 0 Å². The average molecular weight is 219 g/mol. The van der Waals surface area contributed by atoms with Crippen LogP contribution in [0.4, 0.5) is 11.4 Å². The van der Waals surface area contributed by atoms with E-state index in [0.29, 0.717) is 0 Å². The molecule has 2 aromatic rings. The Bertz CT molecular complexity index is 417. The van der Waals surface area contributed by atoms with Crippen LogP contribution >= 0.6 is 11.3 Å². The van der Waals surface area contributed by atoms with Gasteiger partial charge in [0.15, 0.2) is 0 Å². The number of aryl methyl sites for hydroxylation is 1. The van der Waals surface area contributed by atoms with Crippen molar-refractivity contribution < 1.29 is 0 Å². The summed E-state index contributed by atoms with van der Waals surface area (Å²) in [5.74, 6) is 0. The van der Waals surface area contributed by atoms with Gasteiger partial charge in [0, 0.05) is 11.1 Å². The minimum absolute atomic E-state index is 0.778. The molecular weight excluding hydrogens is 206 g/mol. The molecule has 0 fully saturated rings. The Hall–Kier alpha value is -1.55. The standard InChI is InChI=1S/C11H13N3S/c1-8-3-2-4-10(12)11(8)14-6-9-5-13-7-15-9/h2-5,7,14H,6,12H2,1H3. The maximum atomic E-state index is 5.89. The molecule has 0 aliphatic carbocycles. The van der Waals surface area contributed by atoms with Gasteiger partial charge in [0.1, 0.15) is 0 Å². The predicted octanol–water partition coefficient (Wildman–Crippen LogP) is 2.65. The third-order valence-electron chi connectivity index (χ3n) is 2.23. The first-order valence-corrected chi connectivity index (χ1v) is 5.61. The highest BCUT2D eigenvalue weighted by Gasteiger charge is 2.02. The molecule has 2 rings (SSSR count). The number of benzene rings is 1. The summed E-state index contributed by atoms with van der Waals surface area (Å²) in [6.07, 6.45) is 1.87. The summed E-state index contributed by atoms with van der Waals surface area (Å²) in [5.41, 5.74) is 10.7. The number of nitrogens with two attached hydrogens (primary N) is 1. The van der Waals surface area contributed by atoms with Crippen molar-refractivity contribution in [3.8, 4) is 0 Å². The zero-order valence-corrected chi connectivity index (χ0v) is 9.34. The molecule has 4 heteroatoms. The fourth-order valence-corrected chi connectivity index (χ4v) is 1.97. The molecule has 1 aromatic carbocycles. The minimum atomic E-state index is 0.778. The third-order valence-corrected chi connectivity index (χ3v) is 3.01. The average Bonchev–Trinajstić information content (AvgIpc) is 2.70. The van der Waals surface area contributed by atoms with Crippen molar-refractivity contribution in [2.75, 3.05) is 11.1 Å². The van der Waals surface area contributed by atoms with Gasteiger partial charge in [0.25, 0.3) is 0 Å². The van der Waals surface area contributed by atoms with Crippen molar-refractivity contribution in [2.45, 2.75) is 13.5 Å². The summed E-state index contributed by atoms with van der Waals surface area (Å²) < 4.78 is 0. The molecule has 1 aromatic heterocycles. The second-order valence-electron chi connectivity index (χ2n) is 3.36. The molecule has 0 radical (unpaired) electrons. The molecular formula is C11H13N3S. The molecule has 1 heterocycles. The monoisotopic (exact) mass is 219 g/mol. The Balaban J connectivity index is 2.11. The lowest BCUT2D eigenvalue weighted by molar-refractivity contribution is 1.17. The highest BCUT2D eigenvalue weighted by atomic mass is 32.1. The van der Waals surface area contributed by atoms with E-state index in [1.165, 1.54) is 10.4 Å². The Morgan fingerprint density at radius 2 is 2.33 bits per heavy atom. The summed E-state index contributed by atoms with van der Waals surface area (Å²) in [6.45, 7) is 2.82. The van der Waals surface area contributed by atoms with Crippen LogP contribution in [0.3, 0.4) is 0 Å². The quantitative estimate of drug-likeness (QED) is 0.780. The highest BCUT2D eigenvalue weighted by Crippen LogP contribution is 2.23. The van der Waals surface area contributed by atoms with Gasteiger partial charge < -0.3 is 11.1 Å². The van der Waals surface area contributed by atoms with Gasteiger partial charge in [0.2, 0.25) is 0 Å². The molecule has 0 unspecified atom stereocenters. The number of hydrogen-bond donors (Lipinski definition) is 2. The molecule has 0 amide bonds. The molecule has 0 atom stereocenters. The zero-order valence-electron chi connectivity index (χ0n) is 8.53. The predicted molar refractivity (Wildman–Crippen MR) is 65.0 cm³/mol. The number of thiazole rings is 1. The lowest BCUT2D eigenvalue weighted by Gasteiger charge is -2.10. The third kappa shape index (κ3) is 2.27. The first kappa shape index (κ1) is 9.98. The second-order valence-corrected chi connectivity index (χ2v) is 4.33. The fraction of sp³-hybridized carbons (Fsp3) is 0.182. The number of anilines is 2. The number of rotatable bonds is 3. The molecule has 0 aliphatic heterocycles.